The molecule has 3 rings (SSSR count). The molecule has 0 saturated carbocycles. The first-order valence-electron chi connectivity index (χ1n) is 10.3. The lowest BCUT2D eigenvalue weighted by Gasteiger charge is -2.29. The van der Waals surface area contributed by atoms with Crippen LogP contribution in [0.15, 0.2) is 48.5 Å². The fraction of sp³-hybridized carbons (Fsp3) is 0.458. The Morgan fingerprint density at radius 3 is 2.00 bits per heavy atom. The highest BCUT2D eigenvalue weighted by Crippen LogP contribution is 2.27. The topological polar surface area (TPSA) is 41.6 Å². The highest BCUT2D eigenvalue weighted by atomic mass is 16.5. The molecule has 1 heterocycles. The number of hydrogen-bond acceptors (Lipinski definition) is 3. The number of nitrogens with zero attached hydrogens (tertiary/aromatic N) is 1. The molecule has 0 atom stereocenters. The second-order valence-corrected chi connectivity index (χ2v) is 8.36. The highest BCUT2D eigenvalue weighted by molar-refractivity contribution is 5.84. The molecule has 0 radical (unpaired) electrons. The molecule has 0 spiro atoms. The van der Waals surface area contributed by atoms with Crippen molar-refractivity contribution in [2.24, 2.45) is 0 Å². The van der Waals surface area contributed by atoms with Gasteiger partial charge in [-0.15, -0.1) is 0 Å². The van der Waals surface area contributed by atoms with Crippen LogP contribution in [-0.2, 0) is 4.79 Å². The number of anilines is 1. The van der Waals surface area contributed by atoms with Crippen LogP contribution in [0.5, 0.6) is 5.75 Å². The molecule has 0 aromatic heterocycles. The monoisotopic (exact) mass is 380 g/mol. The Morgan fingerprint density at radius 2 is 1.46 bits per heavy atom. The highest BCUT2D eigenvalue weighted by Gasteiger charge is 2.30. The lowest BCUT2D eigenvalue weighted by Crippen LogP contribution is -2.48. The maximum absolute atomic E-state index is 12.3. The number of hydrogen-bond donors (Lipinski definition) is 1. The molecular weight excluding hydrogens is 348 g/mol. The summed E-state index contributed by atoms with van der Waals surface area (Å²) in [6.45, 7) is 9.78. The number of carbonyl (C=O) groups is 1. The van der Waals surface area contributed by atoms with Crippen molar-refractivity contribution in [2.45, 2.75) is 58.6 Å². The van der Waals surface area contributed by atoms with Crippen LogP contribution >= 0.6 is 0 Å². The zero-order chi connectivity index (χ0) is 20.1. The van der Waals surface area contributed by atoms with Gasteiger partial charge in [-0.3, -0.25) is 4.79 Å². The molecular formula is C24H32N2O2. The zero-order valence-corrected chi connectivity index (χ0v) is 17.5. The molecule has 1 fully saturated rings. The Kier molecular flexibility index (Phi) is 6.28. The molecule has 4 heteroatoms. The maximum atomic E-state index is 12.3. The Hall–Kier alpha value is -2.49. The molecule has 150 valence electrons. The van der Waals surface area contributed by atoms with Crippen molar-refractivity contribution in [2.75, 3.05) is 18.0 Å². The van der Waals surface area contributed by atoms with Crippen LogP contribution in [0.25, 0.3) is 11.1 Å². The van der Waals surface area contributed by atoms with Gasteiger partial charge in [0, 0.05) is 24.8 Å². The van der Waals surface area contributed by atoms with Gasteiger partial charge < -0.3 is 15.0 Å². The van der Waals surface area contributed by atoms with E-state index in [2.05, 4.69) is 34.5 Å². The van der Waals surface area contributed by atoms with Crippen LogP contribution in [0.3, 0.4) is 0 Å². The van der Waals surface area contributed by atoms with Crippen molar-refractivity contribution in [3.05, 3.63) is 48.5 Å². The number of benzene rings is 2. The summed E-state index contributed by atoms with van der Waals surface area (Å²) in [5.41, 5.74) is 2.72. The molecule has 1 aliphatic heterocycles. The average molecular weight is 381 g/mol. The molecule has 1 saturated heterocycles. The van der Waals surface area contributed by atoms with Gasteiger partial charge in [0.25, 0.3) is 5.91 Å². The Balaban J connectivity index is 1.66. The van der Waals surface area contributed by atoms with Gasteiger partial charge in [0.05, 0.1) is 0 Å². The summed E-state index contributed by atoms with van der Waals surface area (Å²) in [6.07, 6.45) is 3.92. The second-order valence-electron chi connectivity index (χ2n) is 8.36. The SMILES string of the molecule is CC(C)NC(=O)C(C)(C)Oc1ccc(-c2ccc(N3CCCCC3)cc2)cc1. The second kappa shape index (κ2) is 8.68. The lowest BCUT2D eigenvalue weighted by molar-refractivity contribution is -0.134. The zero-order valence-electron chi connectivity index (χ0n) is 17.5. The van der Waals surface area contributed by atoms with E-state index in [0.29, 0.717) is 5.75 Å². The molecule has 1 aliphatic rings. The van der Waals surface area contributed by atoms with Crippen molar-refractivity contribution in [1.82, 2.24) is 5.32 Å². The van der Waals surface area contributed by atoms with E-state index in [1.807, 2.05) is 38.1 Å². The van der Waals surface area contributed by atoms with Crippen molar-refractivity contribution in [3.63, 3.8) is 0 Å². The third-order valence-corrected chi connectivity index (χ3v) is 5.12. The summed E-state index contributed by atoms with van der Waals surface area (Å²) in [4.78, 5) is 14.8. The molecule has 2 aromatic carbocycles. The number of nitrogens with one attached hydrogen (secondary N) is 1. The quantitative estimate of drug-likeness (QED) is 0.764. The fourth-order valence-electron chi connectivity index (χ4n) is 3.51. The summed E-state index contributed by atoms with van der Waals surface area (Å²) in [7, 11) is 0. The third kappa shape index (κ3) is 5.06. The standard InChI is InChI=1S/C24H32N2O2/c1-18(2)25-23(27)24(3,4)28-22-14-10-20(11-15-22)19-8-12-21(13-9-19)26-16-6-5-7-17-26/h8-15,18H,5-7,16-17H2,1-4H3,(H,25,27). The minimum atomic E-state index is -0.915. The third-order valence-electron chi connectivity index (χ3n) is 5.12. The molecule has 0 aliphatic carbocycles. The van der Waals surface area contributed by atoms with Gasteiger partial charge in [0.2, 0.25) is 0 Å². The van der Waals surface area contributed by atoms with Crippen LogP contribution in [0, 0.1) is 0 Å². The van der Waals surface area contributed by atoms with Gasteiger partial charge in [0.15, 0.2) is 5.60 Å². The van der Waals surface area contributed by atoms with E-state index in [1.54, 1.807) is 13.8 Å². The van der Waals surface area contributed by atoms with E-state index in [0.717, 1.165) is 18.7 Å². The summed E-state index contributed by atoms with van der Waals surface area (Å²) in [5, 5.41) is 2.90. The number of ether oxygens (including phenoxy) is 1. The fourth-order valence-corrected chi connectivity index (χ4v) is 3.51. The van der Waals surface area contributed by atoms with E-state index in [9.17, 15) is 4.79 Å². The molecule has 1 N–H and O–H groups in total. The van der Waals surface area contributed by atoms with E-state index >= 15 is 0 Å². The van der Waals surface area contributed by atoms with Gasteiger partial charge in [-0.1, -0.05) is 24.3 Å². The normalized spacial score (nSPS) is 14.8. The molecule has 4 nitrogen and oxygen atoms in total. The molecule has 0 unspecified atom stereocenters. The molecule has 1 amide bonds. The maximum Gasteiger partial charge on any atom is 0.263 e. The first kappa shape index (κ1) is 20.2. The predicted octanol–water partition coefficient (Wildman–Crippen LogP) is 5.03. The Labute approximate surface area is 168 Å². The first-order valence-corrected chi connectivity index (χ1v) is 10.3. The summed E-state index contributed by atoms with van der Waals surface area (Å²) >= 11 is 0. The van der Waals surface area contributed by atoms with Gasteiger partial charge in [-0.2, -0.15) is 0 Å². The number of carbonyl (C=O) groups excluding carboxylic acids is 1. The minimum Gasteiger partial charge on any atom is -0.478 e. The van der Waals surface area contributed by atoms with E-state index in [1.165, 1.54) is 30.5 Å². The van der Waals surface area contributed by atoms with Crippen molar-refractivity contribution >= 4 is 11.6 Å². The smallest absolute Gasteiger partial charge is 0.263 e. The largest absolute Gasteiger partial charge is 0.478 e. The predicted molar refractivity (Wildman–Crippen MR) is 116 cm³/mol. The van der Waals surface area contributed by atoms with Crippen LogP contribution in [0.4, 0.5) is 5.69 Å². The summed E-state index contributed by atoms with van der Waals surface area (Å²) in [5.74, 6) is 0.581. The Morgan fingerprint density at radius 1 is 0.929 bits per heavy atom. The van der Waals surface area contributed by atoms with E-state index in [4.69, 9.17) is 4.74 Å². The average Bonchev–Trinajstić information content (AvgIpc) is 2.69. The Bertz CT molecular complexity index is 773. The van der Waals surface area contributed by atoms with Crippen LogP contribution in [-0.4, -0.2) is 30.6 Å². The van der Waals surface area contributed by atoms with Crippen LogP contribution in [0.1, 0.15) is 47.0 Å². The van der Waals surface area contributed by atoms with Gasteiger partial charge >= 0.3 is 0 Å². The number of amides is 1. The van der Waals surface area contributed by atoms with Gasteiger partial charge in [-0.05, 0) is 82.3 Å². The summed E-state index contributed by atoms with van der Waals surface area (Å²) in [6, 6.07) is 16.8. The summed E-state index contributed by atoms with van der Waals surface area (Å²) < 4.78 is 5.94. The van der Waals surface area contributed by atoms with Crippen molar-refractivity contribution in [1.29, 1.82) is 0 Å². The number of piperidine rings is 1. The van der Waals surface area contributed by atoms with Crippen LogP contribution in [0.2, 0.25) is 0 Å². The minimum absolute atomic E-state index is 0.0886. The molecule has 0 bridgehead atoms. The van der Waals surface area contributed by atoms with Gasteiger partial charge in [0.1, 0.15) is 5.75 Å². The molecule has 28 heavy (non-hydrogen) atoms. The van der Waals surface area contributed by atoms with Crippen LogP contribution < -0.4 is 15.0 Å². The van der Waals surface area contributed by atoms with Crippen molar-refractivity contribution < 1.29 is 9.53 Å². The first-order chi connectivity index (χ1) is 13.3. The van der Waals surface area contributed by atoms with E-state index < -0.39 is 5.60 Å². The van der Waals surface area contributed by atoms with Gasteiger partial charge in [-0.25, -0.2) is 0 Å². The van der Waals surface area contributed by atoms with Crippen molar-refractivity contribution in [3.8, 4) is 16.9 Å². The lowest BCUT2D eigenvalue weighted by atomic mass is 10.0. The number of rotatable bonds is 6. The molecule has 2 aromatic rings. The van der Waals surface area contributed by atoms with E-state index in [-0.39, 0.29) is 11.9 Å².